The fraction of sp³-hybridized carbons (Fsp3) is 0.875. The van der Waals surface area contributed by atoms with Crippen LogP contribution in [0.4, 0.5) is 0 Å². The van der Waals surface area contributed by atoms with Gasteiger partial charge in [0.1, 0.15) is 6.61 Å². The Kier molecular flexibility index (Phi) is 11.6. The monoisotopic (exact) mass is 332 g/mol. The van der Waals surface area contributed by atoms with Crippen LogP contribution in [0.2, 0.25) is 0 Å². The lowest BCUT2D eigenvalue weighted by Gasteiger charge is -2.25. The molecule has 7 heteroatoms. The third-order valence-corrected chi connectivity index (χ3v) is 3.42. The van der Waals surface area contributed by atoms with Crippen molar-refractivity contribution in [1.82, 2.24) is 10.6 Å². The SMILES string of the molecule is COCC(=O)NCCNC(=O)CCC(C)(C)OCC[C@H](C)OC. The van der Waals surface area contributed by atoms with Gasteiger partial charge in [-0.3, -0.25) is 9.59 Å². The predicted molar refractivity (Wildman–Crippen MR) is 88.2 cm³/mol. The number of hydrogen-bond acceptors (Lipinski definition) is 5. The molecule has 2 amide bonds. The first kappa shape index (κ1) is 21.8. The highest BCUT2D eigenvalue weighted by atomic mass is 16.5. The quantitative estimate of drug-likeness (QED) is 0.489. The van der Waals surface area contributed by atoms with Crippen LogP contribution >= 0.6 is 0 Å². The molecule has 136 valence electrons. The number of rotatable bonds is 13. The number of ether oxygens (including phenoxy) is 3. The van der Waals surface area contributed by atoms with Crippen LogP contribution < -0.4 is 10.6 Å². The minimum absolute atomic E-state index is 0.0289. The Labute approximate surface area is 139 Å². The Morgan fingerprint density at radius 2 is 1.70 bits per heavy atom. The molecule has 0 radical (unpaired) electrons. The zero-order valence-electron chi connectivity index (χ0n) is 15.1. The summed E-state index contributed by atoms with van der Waals surface area (Å²) in [6.45, 7) is 7.38. The molecule has 0 aromatic heterocycles. The molecule has 0 saturated heterocycles. The second-order valence-corrected chi connectivity index (χ2v) is 6.08. The van der Waals surface area contributed by atoms with Crippen molar-refractivity contribution in [2.45, 2.75) is 51.7 Å². The average Bonchev–Trinajstić information content (AvgIpc) is 2.49. The summed E-state index contributed by atoms with van der Waals surface area (Å²) in [7, 11) is 3.14. The first-order chi connectivity index (χ1) is 10.8. The van der Waals surface area contributed by atoms with Crippen molar-refractivity contribution in [1.29, 1.82) is 0 Å². The zero-order chi connectivity index (χ0) is 17.7. The van der Waals surface area contributed by atoms with Crippen molar-refractivity contribution in [2.75, 3.05) is 40.5 Å². The summed E-state index contributed by atoms with van der Waals surface area (Å²) in [5.41, 5.74) is -0.350. The normalized spacial score (nSPS) is 12.7. The second kappa shape index (κ2) is 12.3. The molecule has 1 atom stereocenters. The number of carbonyl (C=O) groups excluding carboxylic acids is 2. The van der Waals surface area contributed by atoms with Gasteiger partial charge in [0.2, 0.25) is 11.8 Å². The lowest BCUT2D eigenvalue weighted by Crippen LogP contribution is -2.37. The Morgan fingerprint density at radius 1 is 1.09 bits per heavy atom. The van der Waals surface area contributed by atoms with Gasteiger partial charge in [0.15, 0.2) is 0 Å². The average molecular weight is 332 g/mol. The maximum atomic E-state index is 11.8. The van der Waals surface area contributed by atoms with Gasteiger partial charge >= 0.3 is 0 Å². The van der Waals surface area contributed by atoms with Gasteiger partial charge in [-0.15, -0.1) is 0 Å². The first-order valence-corrected chi connectivity index (χ1v) is 8.00. The molecule has 0 aliphatic rings. The summed E-state index contributed by atoms with van der Waals surface area (Å²) < 4.78 is 15.7. The second-order valence-electron chi connectivity index (χ2n) is 6.08. The lowest BCUT2D eigenvalue weighted by molar-refractivity contribution is -0.125. The zero-order valence-corrected chi connectivity index (χ0v) is 15.1. The van der Waals surface area contributed by atoms with Crippen LogP contribution in [0, 0.1) is 0 Å². The van der Waals surface area contributed by atoms with Crippen molar-refractivity contribution in [3.05, 3.63) is 0 Å². The summed E-state index contributed by atoms with van der Waals surface area (Å²) in [6, 6.07) is 0. The van der Waals surface area contributed by atoms with Crippen molar-refractivity contribution < 1.29 is 23.8 Å². The molecule has 0 rings (SSSR count). The van der Waals surface area contributed by atoms with Gasteiger partial charge in [0.25, 0.3) is 0 Å². The summed E-state index contributed by atoms with van der Waals surface area (Å²) in [6.07, 6.45) is 2.02. The van der Waals surface area contributed by atoms with E-state index in [1.165, 1.54) is 7.11 Å². The van der Waals surface area contributed by atoms with Crippen LogP contribution in [-0.4, -0.2) is 64.0 Å². The number of hydrogen-bond donors (Lipinski definition) is 2. The number of amides is 2. The molecule has 0 bridgehead atoms. The molecular weight excluding hydrogens is 300 g/mol. The molecule has 2 N–H and O–H groups in total. The maximum Gasteiger partial charge on any atom is 0.246 e. The van der Waals surface area contributed by atoms with E-state index in [4.69, 9.17) is 14.2 Å². The smallest absolute Gasteiger partial charge is 0.246 e. The van der Waals surface area contributed by atoms with E-state index < -0.39 is 0 Å². The molecule has 0 aliphatic heterocycles. The van der Waals surface area contributed by atoms with E-state index in [0.717, 1.165) is 6.42 Å². The minimum Gasteiger partial charge on any atom is -0.382 e. The van der Waals surface area contributed by atoms with E-state index in [2.05, 4.69) is 10.6 Å². The highest BCUT2D eigenvalue weighted by Gasteiger charge is 2.20. The number of methoxy groups -OCH3 is 2. The van der Waals surface area contributed by atoms with Crippen LogP contribution in [0.5, 0.6) is 0 Å². The van der Waals surface area contributed by atoms with Gasteiger partial charge in [-0.05, 0) is 33.6 Å². The van der Waals surface area contributed by atoms with Gasteiger partial charge in [-0.25, -0.2) is 0 Å². The van der Waals surface area contributed by atoms with E-state index in [1.807, 2.05) is 20.8 Å². The first-order valence-electron chi connectivity index (χ1n) is 8.00. The van der Waals surface area contributed by atoms with Gasteiger partial charge in [-0.2, -0.15) is 0 Å². The third kappa shape index (κ3) is 13.0. The lowest BCUT2D eigenvalue weighted by atomic mass is 10.0. The van der Waals surface area contributed by atoms with Crippen LogP contribution in [0.25, 0.3) is 0 Å². The Balaban J connectivity index is 3.75. The van der Waals surface area contributed by atoms with Crippen LogP contribution in [-0.2, 0) is 23.8 Å². The summed E-state index contributed by atoms with van der Waals surface area (Å²) in [5, 5.41) is 5.41. The molecule has 0 heterocycles. The van der Waals surface area contributed by atoms with E-state index >= 15 is 0 Å². The Morgan fingerprint density at radius 3 is 2.26 bits per heavy atom. The molecule has 0 fully saturated rings. The standard InChI is InChI=1S/C16H32N2O5/c1-13(22-5)7-11-23-16(2,3)8-6-14(19)17-9-10-18-15(20)12-21-4/h13H,6-12H2,1-5H3,(H,17,19)(H,18,20)/t13-/m0/s1. The van der Waals surface area contributed by atoms with Crippen molar-refractivity contribution >= 4 is 11.8 Å². The van der Waals surface area contributed by atoms with Crippen molar-refractivity contribution in [2.24, 2.45) is 0 Å². The summed E-state index contributed by atoms with van der Waals surface area (Å²) in [4.78, 5) is 22.9. The maximum absolute atomic E-state index is 11.8. The predicted octanol–water partition coefficient (Wildman–Crippen LogP) is 0.866. The largest absolute Gasteiger partial charge is 0.382 e. The highest BCUT2D eigenvalue weighted by Crippen LogP contribution is 2.17. The topological polar surface area (TPSA) is 85.9 Å². The molecular formula is C16H32N2O5. The van der Waals surface area contributed by atoms with Crippen LogP contribution in [0.1, 0.15) is 40.0 Å². The molecule has 0 unspecified atom stereocenters. The fourth-order valence-corrected chi connectivity index (χ4v) is 1.78. The van der Waals surface area contributed by atoms with Crippen LogP contribution in [0.3, 0.4) is 0 Å². The van der Waals surface area contributed by atoms with Gasteiger partial charge in [0, 0.05) is 40.3 Å². The highest BCUT2D eigenvalue weighted by molar-refractivity contribution is 5.77. The number of carbonyl (C=O) groups is 2. The van der Waals surface area contributed by atoms with Crippen molar-refractivity contribution in [3.63, 3.8) is 0 Å². The van der Waals surface area contributed by atoms with E-state index in [0.29, 0.717) is 32.5 Å². The van der Waals surface area contributed by atoms with E-state index in [1.54, 1.807) is 7.11 Å². The molecule has 0 aliphatic carbocycles. The van der Waals surface area contributed by atoms with Gasteiger partial charge in [-0.1, -0.05) is 0 Å². The third-order valence-electron chi connectivity index (χ3n) is 3.42. The molecule has 0 aromatic carbocycles. The Hall–Kier alpha value is -1.18. The van der Waals surface area contributed by atoms with Crippen LogP contribution in [0.15, 0.2) is 0 Å². The fourth-order valence-electron chi connectivity index (χ4n) is 1.78. The minimum atomic E-state index is -0.350. The number of nitrogens with one attached hydrogen (secondary N) is 2. The molecule has 0 spiro atoms. The van der Waals surface area contributed by atoms with Gasteiger partial charge in [0.05, 0.1) is 11.7 Å². The summed E-state index contributed by atoms with van der Waals surface area (Å²) in [5.74, 6) is -0.241. The molecule has 23 heavy (non-hydrogen) atoms. The van der Waals surface area contributed by atoms with E-state index in [9.17, 15) is 9.59 Å². The van der Waals surface area contributed by atoms with Crippen molar-refractivity contribution in [3.8, 4) is 0 Å². The Bertz CT molecular complexity index is 347. The van der Waals surface area contributed by atoms with E-state index in [-0.39, 0.29) is 30.1 Å². The molecule has 0 saturated carbocycles. The molecule has 0 aromatic rings. The summed E-state index contributed by atoms with van der Waals surface area (Å²) >= 11 is 0. The molecule has 7 nitrogen and oxygen atoms in total. The van der Waals surface area contributed by atoms with Gasteiger partial charge < -0.3 is 24.8 Å².